The number of hydrogen-bond donors (Lipinski definition) is 1. The van der Waals surface area contributed by atoms with Gasteiger partial charge in [0.05, 0.1) is 42.8 Å². The highest BCUT2D eigenvalue weighted by Crippen LogP contribution is 2.22. The Bertz CT molecular complexity index is 851. The van der Waals surface area contributed by atoms with Crippen molar-refractivity contribution in [3.63, 3.8) is 0 Å². The van der Waals surface area contributed by atoms with Crippen LogP contribution in [0.2, 0.25) is 0 Å². The molecule has 0 unspecified atom stereocenters. The summed E-state index contributed by atoms with van der Waals surface area (Å²) in [5.74, 6) is 0.929. The Hall–Kier alpha value is -1.20. The van der Waals surface area contributed by atoms with Crippen LogP contribution in [0.3, 0.4) is 0 Å². The van der Waals surface area contributed by atoms with Crippen LogP contribution in [0.5, 0.6) is 5.75 Å². The third-order valence-electron chi connectivity index (χ3n) is 4.24. The lowest BCUT2D eigenvalue weighted by atomic mass is 10.1. The minimum absolute atomic E-state index is 0.178. The van der Waals surface area contributed by atoms with Crippen LogP contribution < -0.4 is 4.74 Å². The monoisotopic (exact) mass is 521 g/mol. The van der Waals surface area contributed by atoms with E-state index in [4.69, 9.17) is 9.84 Å². The summed E-state index contributed by atoms with van der Waals surface area (Å²) in [6.45, 7) is 3.89. The average molecular weight is 521 g/mol. The van der Waals surface area contributed by atoms with Crippen LogP contribution in [-0.2, 0) is 16.5 Å². The molecule has 0 atom stereocenters. The molecule has 0 aliphatic heterocycles. The molecule has 0 aliphatic carbocycles. The molecule has 156 valence electrons. The predicted octanol–water partition coefficient (Wildman–Crippen LogP) is 2.81. The van der Waals surface area contributed by atoms with Gasteiger partial charge in [0.15, 0.2) is 0 Å². The third-order valence-corrected chi connectivity index (χ3v) is 5.93. The van der Waals surface area contributed by atoms with Crippen LogP contribution >= 0.6 is 22.6 Å². The minimum Gasteiger partial charge on any atom is -0.744 e. The maximum atomic E-state index is 10.4. The van der Waals surface area contributed by atoms with Crippen molar-refractivity contribution in [2.24, 2.45) is 0 Å². The first-order chi connectivity index (χ1) is 13.0. The van der Waals surface area contributed by atoms with E-state index in [0.29, 0.717) is 0 Å². The van der Waals surface area contributed by atoms with Gasteiger partial charge in [0, 0.05) is 6.42 Å². The number of aliphatic hydroxyl groups is 1. The van der Waals surface area contributed by atoms with Gasteiger partial charge in [0.1, 0.15) is 22.4 Å². The summed E-state index contributed by atoms with van der Waals surface area (Å²) in [5.41, 5.74) is 2.25. The largest absolute Gasteiger partial charge is 0.744 e. The molecule has 0 bridgehead atoms. The molecule has 2 aromatic carbocycles. The number of methoxy groups -OCH3 is 1. The number of hydrogen-bond acceptors (Lipinski definition) is 5. The van der Waals surface area contributed by atoms with Crippen molar-refractivity contribution in [1.29, 1.82) is 0 Å². The van der Waals surface area contributed by atoms with E-state index < -0.39 is 10.1 Å². The summed E-state index contributed by atoms with van der Waals surface area (Å²) >= 11 is 2.29. The van der Waals surface area contributed by atoms with Gasteiger partial charge < -0.3 is 18.9 Å². The number of ether oxygens (including phenoxy) is 1. The van der Waals surface area contributed by atoms with Crippen molar-refractivity contribution in [2.45, 2.75) is 18.2 Å². The first-order valence-corrected chi connectivity index (χ1v) is 11.2. The van der Waals surface area contributed by atoms with Crippen LogP contribution in [0.15, 0.2) is 47.4 Å². The number of halogens is 1. The molecule has 0 radical (unpaired) electrons. The second kappa shape index (κ2) is 11.1. The van der Waals surface area contributed by atoms with Crippen LogP contribution in [-0.4, -0.2) is 63.5 Å². The SMILES string of the molecule is COc1ccc(CC[N+](C)(C)CCO)cc1I.Cc1ccc(S(=O)(=O)[O-])cc1. The van der Waals surface area contributed by atoms with E-state index in [9.17, 15) is 13.0 Å². The lowest BCUT2D eigenvalue weighted by Crippen LogP contribution is -2.43. The number of rotatable bonds is 7. The average Bonchev–Trinajstić information content (AvgIpc) is 2.60. The lowest BCUT2D eigenvalue weighted by molar-refractivity contribution is -0.890. The molecular weight excluding hydrogens is 493 g/mol. The van der Waals surface area contributed by atoms with Crippen molar-refractivity contribution in [3.8, 4) is 5.75 Å². The summed E-state index contributed by atoms with van der Waals surface area (Å²) < 4.78 is 38.4. The maximum absolute atomic E-state index is 10.4. The summed E-state index contributed by atoms with van der Waals surface area (Å²) in [4.78, 5) is -0.178. The molecule has 0 saturated carbocycles. The summed E-state index contributed by atoms with van der Waals surface area (Å²) in [6, 6.07) is 12.1. The van der Waals surface area contributed by atoms with Gasteiger partial charge in [0.25, 0.3) is 0 Å². The molecule has 0 aromatic heterocycles. The highest BCUT2D eigenvalue weighted by molar-refractivity contribution is 14.1. The first kappa shape index (κ1) is 24.8. The Labute approximate surface area is 181 Å². The van der Waals surface area contributed by atoms with E-state index >= 15 is 0 Å². The molecule has 8 heteroatoms. The van der Waals surface area contributed by atoms with E-state index in [-0.39, 0.29) is 11.5 Å². The van der Waals surface area contributed by atoms with Crippen LogP contribution in [0, 0.1) is 10.5 Å². The van der Waals surface area contributed by atoms with E-state index in [2.05, 4.69) is 48.8 Å². The van der Waals surface area contributed by atoms with Gasteiger partial charge in [-0.15, -0.1) is 0 Å². The highest BCUT2D eigenvalue weighted by Gasteiger charge is 2.14. The smallest absolute Gasteiger partial charge is 0.132 e. The molecule has 6 nitrogen and oxygen atoms in total. The summed E-state index contributed by atoms with van der Waals surface area (Å²) in [6.07, 6.45) is 1.02. The summed E-state index contributed by atoms with van der Waals surface area (Å²) in [5, 5.41) is 8.98. The van der Waals surface area contributed by atoms with Gasteiger partial charge >= 0.3 is 0 Å². The van der Waals surface area contributed by atoms with Crippen molar-refractivity contribution in [3.05, 3.63) is 57.2 Å². The Balaban J connectivity index is 0.000000307. The molecule has 28 heavy (non-hydrogen) atoms. The number of benzene rings is 2. The van der Waals surface area contributed by atoms with Gasteiger partial charge in [-0.1, -0.05) is 23.8 Å². The predicted molar refractivity (Wildman–Crippen MR) is 117 cm³/mol. The fourth-order valence-electron chi connectivity index (χ4n) is 2.38. The molecule has 0 spiro atoms. The lowest BCUT2D eigenvalue weighted by Gasteiger charge is -2.29. The molecule has 2 rings (SSSR count). The van der Waals surface area contributed by atoms with Gasteiger partial charge in [-0.05, 0) is 59.3 Å². The summed E-state index contributed by atoms with van der Waals surface area (Å²) in [7, 11) is 1.71. The quantitative estimate of drug-likeness (QED) is 0.344. The number of nitrogens with zero attached hydrogens (tertiary/aromatic N) is 1. The number of quaternary nitrogens is 1. The molecule has 0 aliphatic rings. The van der Waals surface area contributed by atoms with Gasteiger partial charge in [0.2, 0.25) is 0 Å². The van der Waals surface area contributed by atoms with E-state index in [0.717, 1.165) is 38.9 Å². The van der Waals surface area contributed by atoms with Gasteiger partial charge in [-0.25, -0.2) is 8.42 Å². The topological polar surface area (TPSA) is 86.7 Å². The van der Waals surface area contributed by atoms with E-state index in [1.165, 1.54) is 17.7 Å². The van der Waals surface area contributed by atoms with Crippen LogP contribution in [0.1, 0.15) is 11.1 Å². The number of likely N-dealkylation sites (N-methyl/N-ethyl adjacent to an activating group) is 1. The standard InChI is InChI=1S/C13H21INO2.C7H8O3S/c1-15(2,8-9-16)7-6-11-4-5-13(17-3)12(14)10-11;1-6-2-4-7(5-3-6)11(8,9)10/h4-5,10,16H,6-9H2,1-3H3;2-5H,1H3,(H,8,9,10)/q+1;/p-1. The minimum atomic E-state index is -4.27. The Morgan fingerprint density at radius 1 is 1.11 bits per heavy atom. The van der Waals surface area contributed by atoms with Crippen LogP contribution in [0.4, 0.5) is 0 Å². The van der Waals surface area contributed by atoms with Gasteiger partial charge in [-0.2, -0.15) is 0 Å². The van der Waals surface area contributed by atoms with Crippen molar-refractivity contribution < 1.29 is 27.3 Å². The van der Waals surface area contributed by atoms with Crippen molar-refractivity contribution in [2.75, 3.05) is 40.9 Å². The number of aryl methyl sites for hydroxylation is 1. The zero-order valence-corrected chi connectivity index (χ0v) is 19.7. The molecule has 0 heterocycles. The third kappa shape index (κ3) is 8.87. The normalized spacial score (nSPS) is 11.5. The van der Waals surface area contributed by atoms with Crippen molar-refractivity contribution >= 4 is 32.7 Å². The maximum Gasteiger partial charge on any atom is 0.132 e. The van der Waals surface area contributed by atoms with Gasteiger partial charge in [-0.3, -0.25) is 0 Å². The fraction of sp³-hybridized carbons (Fsp3) is 0.400. The van der Waals surface area contributed by atoms with E-state index in [1.807, 2.05) is 13.0 Å². The Kier molecular flexibility index (Phi) is 9.85. The zero-order valence-electron chi connectivity index (χ0n) is 16.7. The van der Waals surface area contributed by atoms with E-state index in [1.54, 1.807) is 19.2 Å². The molecule has 0 saturated heterocycles. The second-order valence-corrected chi connectivity index (χ2v) is 9.63. The first-order valence-electron chi connectivity index (χ1n) is 8.76. The Morgan fingerprint density at radius 3 is 2.18 bits per heavy atom. The zero-order chi connectivity index (χ0) is 21.4. The Morgan fingerprint density at radius 2 is 1.71 bits per heavy atom. The highest BCUT2D eigenvalue weighted by atomic mass is 127. The second-order valence-electron chi connectivity index (χ2n) is 7.09. The molecule has 0 amide bonds. The number of aliphatic hydroxyl groups excluding tert-OH is 1. The van der Waals surface area contributed by atoms with Crippen LogP contribution in [0.25, 0.3) is 0 Å². The molecule has 1 N–H and O–H groups in total. The molecule has 0 fully saturated rings. The molecular formula is C20H28INO5S. The molecule has 2 aromatic rings. The van der Waals surface area contributed by atoms with Crippen molar-refractivity contribution in [1.82, 2.24) is 0 Å². The fourth-order valence-corrected chi connectivity index (χ4v) is 3.65.